The molecule has 5 heteroatoms. The Morgan fingerprint density at radius 2 is 2.00 bits per heavy atom. The molecule has 0 aliphatic rings. The van der Waals surface area contributed by atoms with Crippen LogP contribution in [0.3, 0.4) is 0 Å². The number of rotatable bonds is 9. The molecule has 1 heterocycles. The molecule has 112 valence electrons. The fraction of sp³-hybridized carbons (Fsp3) is 0.667. The van der Waals surface area contributed by atoms with Crippen LogP contribution in [0.1, 0.15) is 51.5 Å². The van der Waals surface area contributed by atoms with Gasteiger partial charge in [-0.2, -0.15) is 0 Å². The highest BCUT2D eigenvalue weighted by atomic mass is 16.6. The fourth-order valence-electron chi connectivity index (χ4n) is 2.08. The van der Waals surface area contributed by atoms with E-state index in [2.05, 4.69) is 24.1 Å². The smallest absolute Gasteiger partial charge is 0.287 e. The van der Waals surface area contributed by atoms with Gasteiger partial charge in [0.05, 0.1) is 4.92 Å². The van der Waals surface area contributed by atoms with E-state index in [0.717, 1.165) is 30.3 Å². The summed E-state index contributed by atoms with van der Waals surface area (Å²) < 4.78 is 0. The van der Waals surface area contributed by atoms with Crippen LogP contribution in [0, 0.1) is 23.0 Å². The van der Waals surface area contributed by atoms with Gasteiger partial charge in [0.1, 0.15) is 12.0 Å². The van der Waals surface area contributed by atoms with Crippen molar-refractivity contribution in [3.8, 4) is 0 Å². The lowest BCUT2D eigenvalue weighted by Gasteiger charge is -2.08. The van der Waals surface area contributed by atoms with Gasteiger partial charge in [0, 0.05) is 12.6 Å². The Morgan fingerprint density at radius 3 is 2.60 bits per heavy atom. The van der Waals surface area contributed by atoms with E-state index >= 15 is 0 Å². The highest BCUT2D eigenvalue weighted by Gasteiger charge is 2.08. The van der Waals surface area contributed by atoms with Crippen molar-refractivity contribution in [2.75, 3.05) is 11.9 Å². The van der Waals surface area contributed by atoms with E-state index in [-0.39, 0.29) is 5.69 Å². The van der Waals surface area contributed by atoms with Gasteiger partial charge in [0.2, 0.25) is 0 Å². The Morgan fingerprint density at radius 1 is 1.30 bits per heavy atom. The third-order valence-corrected chi connectivity index (χ3v) is 3.28. The Balaban J connectivity index is 2.24. The monoisotopic (exact) mass is 279 g/mol. The molecule has 0 unspecified atom stereocenters. The summed E-state index contributed by atoms with van der Waals surface area (Å²) in [7, 11) is 0. The summed E-state index contributed by atoms with van der Waals surface area (Å²) in [6.45, 7) is 7.22. The van der Waals surface area contributed by atoms with Crippen LogP contribution >= 0.6 is 0 Å². The van der Waals surface area contributed by atoms with E-state index in [9.17, 15) is 10.1 Å². The molecule has 1 N–H and O–H groups in total. The number of nitrogens with one attached hydrogen (secondary N) is 1. The first-order valence-corrected chi connectivity index (χ1v) is 7.35. The molecule has 0 aromatic carbocycles. The zero-order chi connectivity index (χ0) is 15.0. The number of hydrogen-bond acceptors (Lipinski definition) is 4. The first kappa shape index (κ1) is 16.4. The average Bonchev–Trinajstić information content (AvgIpc) is 2.38. The number of nitrogens with zero attached hydrogens (tertiary/aromatic N) is 2. The van der Waals surface area contributed by atoms with Crippen molar-refractivity contribution < 1.29 is 4.92 Å². The van der Waals surface area contributed by atoms with E-state index in [0.29, 0.717) is 0 Å². The highest BCUT2D eigenvalue weighted by molar-refractivity contribution is 5.48. The number of anilines is 1. The average molecular weight is 279 g/mol. The third-order valence-electron chi connectivity index (χ3n) is 3.28. The summed E-state index contributed by atoms with van der Waals surface area (Å²) in [4.78, 5) is 14.3. The summed E-state index contributed by atoms with van der Waals surface area (Å²) in [5.74, 6) is 1.54. The van der Waals surface area contributed by atoms with E-state index in [4.69, 9.17) is 0 Å². The van der Waals surface area contributed by atoms with E-state index in [1.54, 1.807) is 6.07 Å². The molecule has 0 bridgehead atoms. The number of hydrogen-bond donors (Lipinski definition) is 1. The van der Waals surface area contributed by atoms with Gasteiger partial charge < -0.3 is 5.32 Å². The zero-order valence-electron chi connectivity index (χ0n) is 12.7. The molecule has 0 aliphatic heterocycles. The molecule has 1 aromatic rings. The van der Waals surface area contributed by atoms with Crippen LogP contribution in [0.25, 0.3) is 0 Å². The lowest BCUT2D eigenvalue weighted by molar-refractivity contribution is -0.385. The largest absolute Gasteiger partial charge is 0.370 e. The predicted molar refractivity (Wildman–Crippen MR) is 82.0 cm³/mol. The Kier molecular flexibility index (Phi) is 6.98. The minimum Gasteiger partial charge on any atom is -0.370 e. The number of aromatic nitrogens is 1. The number of aryl methyl sites for hydroxylation is 1. The Bertz CT molecular complexity index is 433. The predicted octanol–water partition coefficient (Wildman–Crippen LogP) is 4.32. The van der Waals surface area contributed by atoms with Gasteiger partial charge in [-0.15, -0.1) is 0 Å². The standard InChI is InChI=1S/C15H25N3O2/c1-12(2)8-6-4-5-7-9-16-15-13(3)10-14(11-17-15)18(19)20/h10-12H,4-9H2,1-3H3,(H,16,17). The topological polar surface area (TPSA) is 68.1 Å². The molecule has 5 nitrogen and oxygen atoms in total. The van der Waals surface area contributed by atoms with Crippen LogP contribution in [0.5, 0.6) is 0 Å². The molecule has 1 aromatic heterocycles. The zero-order valence-corrected chi connectivity index (χ0v) is 12.7. The van der Waals surface area contributed by atoms with Crippen molar-refractivity contribution in [2.45, 2.75) is 52.9 Å². The van der Waals surface area contributed by atoms with Crippen LogP contribution in [0.4, 0.5) is 11.5 Å². The van der Waals surface area contributed by atoms with Crippen LogP contribution in [0.2, 0.25) is 0 Å². The Labute approximate surface area is 121 Å². The second-order valence-corrected chi connectivity index (χ2v) is 5.64. The van der Waals surface area contributed by atoms with Crippen LogP contribution in [0.15, 0.2) is 12.3 Å². The maximum atomic E-state index is 10.6. The lowest BCUT2D eigenvalue weighted by Crippen LogP contribution is -2.05. The normalized spacial score (nSPS) is 10.8. The van der Waals surface area contributed by atoms with Crippen molar-refractivity contribution in [1.29, 1.82) is 0 Å². The molecule has 0 fully saturated rings. The lowest BCUT2D eigenvalue weighted by atomic mass is 10.0. The Hall–Kier alpha value is -1.65. The fourth-order valence-corrected chi connectivity index (χ4v) is 2.08. The van der Waals surface area contributed by atoms with Gasteiger partial charge in [0.25, 0.3) is 5.69 Å². The SMILES string of the molecule is Cc1cc([N+](=O)[O-])cnc1NCCCCCCC(C)C. The van der Waals surface area contributed by atoms with Gasteiger partial charge >= 0.3 is 0 Å². The molecule has 0 atom stereocenters. The maximum absolute atomic E-state index is 10.6. The van der Waals surface area contributed by atoms with Crippen molar-refractivity contribution >= 4 is 11.5 Å². The number of pyridine rings is 1. The molecule has 0 amide bonds. The van der Waals surface area contributed by atoms with Crippen molar-refractivity contribution in [3.63, 3.8) is 0 Å². The third kappa shape index (κ3) is 5.99. The number of unbranched alkanes of at least 4 members (excludes halogenated alkanes) is 3. The highest BCUT2D eigenvalue weighted by Crippen LogP contribution is 2.18. The molecule has 1 rings (SSSR count). The van der Waals surface area contributed by atoms with Gasteiger partial charge in [0.15, 0.2) is 0 Å². The van der Waals surface area contributed by atoms with E-state index in [1.165, 1.54) is 31.9 Å². The quantitative estimate of drug-likeness (QED) is 0.415. The summed E-state index contributed by atoms with van der Waals surface area (Å²) in [6, 6.07) is 1.55. The second kappa shape index (κ2) is 8.51. The molecule has 0 saturated heterocycles. The van der Waals surface area contributed by atoms with Crippen molar-refractivity contribution in [3.05, 3.63) is 27.9 Å². The minimum absolute atomic E-state index is 0.0433. The summed E-state index contributed by atoms with van der Waals surface area (Å²) >= 11 is 0. The van der Waals surface area contributed by atoms with Gasteiger partial charge in [-0.25, -0.2) is 4.98 Å². The minimum atomic E-state index is -0.418. The van der Waals surface area contributed by atoms with Crippen molar-refractivity contribution in [2.24, 2.45) is 5.92 Å². The number of nitro groups is 1. The maximum Gasteiger partial charge on any atom is 0.287 e. The van der Waals surface area contributed by atoms with Gasteiger partial charge in [-0.3, -0.25) is 10.1 Å². The first-order chi connectivity index (χ1) is 9.50. The summed E-state index contributed by atoms with van der Waals surface area (Å²) in [5, 5.41) is 13.9. The summed E-state index contributed by atoms with van der Waals surface area (Å²) in [6.07, 6.45) is 7.50. The van der Waals surface area contributed by atoms with Gasteiger partial charge in [-0.05, 0) is 24.8 Å². The molecular formula is C15H25N3O2. The van der Waals surface area contributed by atoms with Crippen LogP contribution in [-0.4, -0.2) is 16.5 Å². The molecule has 0 spiro atoms. The molecular weight excluding hydrogens is 254 g/mol. The molecule has 20 heavy (non-hydrogen) atoms. The summed E-state index contributed by atoms with van der Waals surface area (Å²) in [5.41, 5.74) is 0.862. The molecule has 0 saturated carbocycles. The van der Waals surface area contributed by atoms with E-state index < -0.39 is 4.92 Å². The van der Waals surface area contributed by atoms with E-state index in [1.807, 2.05) is 6.92 Å². The van der Waals surface area contributed by atoms with Gasteiger partial charge in [-0.1, -0.05) is 39.5 Å². The van der Waals surface area contributed by atoms with Crippen molar-refractivity contribution in [1.82, 2.24) is 4.98 Å². The molecule has 0 aliphatic carbocycles. The molecule has 0 radical (unpaired) electrons. The van der Waals surface area contributed by atoms with Crippen LogP contribution < -0.4 is 5.32 Å². The first-order valence-electron chi connectivity index (χ1n) is 7.35. The van der Waals surface area contributed by atoms with Crippen LogP contribution in [-0.2, 0) is 0 Å². The second-order valence-electron chi connectivity index (χ2n) is 5.64.